The fourth-order valence-electron chi connectivity index (χ4n) is 2.08. The van der Waals surface area contributed by atoms with Crippen molar-refractivity contribution < 1.29 is 9.90 Å². The van der Waals surface area contributed by atoms with E-state index < -0.39 is 0 Å². The summed E-state index contributed by atoms with van der Waals surface area (Å²) in [5, 5.41) is 25.0. The summed E-state index contributed by atoms with van der Waals surface area (Å²) in [6.07, 6.45) is 2.14. The summed E-state index contributed by atoms with van der Waals surface area (Å²) >= 11 is 1.32. The Morgan fingerprint density at radius 1 is 1.52 bits per heavy atom. The molecule has 2 N–H and O–H groups in total. The minimum absolute atomic E-state index is 0.0226. The van der Waals surface area contributed by atoms with Crippen LogP contribution in [0.1, 0.15) is 36.9 Å². The predicted molar refractivity (Wildman–Crippen MR) is 79.4 cm³/mol. The van der Waals surface area contributed by atoms with Crippen LogP contribution in [0.4, 0.5) is 0 Å². The molecule has 0 fully saturated rings. The van der Waals surface area contributed by atoms with E-state index in [1.807, 2.05) is 5.38 Å². The van der Waals surface area contributed by atoms with Gasteiger partial charge in [-0.1, -0.05) is 20.8 Å². The minimum Gasteiger partial charge on any atom is -0.394 e. The third-order valence-corrected chi connectivity index (χ3v) is 3.76. The number of rotatable bonds is 5. The maximum atomic E-state index is 12.4. The van der Waals surface area contributed by atoms with Crippen LogP contribution in [0, 0.1) is 5.41 Å². The van der Waals surface area contributed by atoms with E-state index in [4.69, 9.17) is 0 Å². The Balaban J connectivity index is 2.12. The number of thiophene rings is 1. The first kappa shape index (κ1) is 15.6. The molecule has 114 valence electrons. The van der Waals surface area contributed by atoms with Crippen LogP contribution in [0.3, 0.4) is 0 Å². The zero-order valence-corrected chi connectivity index (χ0v) is 13.1. The van der Waals surface area contributed by atoms with Crippen molar-refractivity contribution >= 4 is 17.2 Å². The highest BCUT2D eigenvalue weighted by atomic mass is 32.1. The SMILES string of the molecule is CC(C)(C)CC(CO)NC(=O)c1sccc1-n1cnnn1. The second-order valence-corrected chi connectivity index (χ2v) is 6.92. The van der Waals surface area contributed by atoms with Crippen LogP contribution in [0.2, 0.25) is 0 Å². The highest BCUT2D eigenvalue weighted by molar-refractivity contribution is 7.12. The number of hydrogen-bond donors (Lipinski definition) is 2. The van der Waals surface area contributed by atoms with Gasteiger partial charge in [0, 0.05) is 0 Å². The fraction of sp³-hybridized carbons (Fsp3) is 0.538. The van der Waals surface area contributed by atoms with Crippen molar-refractivity contribution in [3.63, 3.8) is 0 Å². The van der Waals surface area contributed by atoms with Gasteiger partial charge in [0.15, 0.2) is 0 Å². The van der Waals surface area contributed by atoms with E-state index >= 15 is 0 Å². The molecule has 7 nitrogen and oxygen atoms in total. The topological polar surface area (TPSA) is 92.9 Å². The quantitative estimate of drug-likeness (QED) is 0.867. The lowest BCUT2D eigenvalue weighted by atomic mass is 9.88. The van der Waals surface area contributed by atoms with Gasteiger partial charge < -0.3 is 10.4 Å². The molecular formula is C13H19N5O2S. The van der Waals surface area contributed by atoms with Gasteiger partial charge in [0.25, 0.3) is 5.91 Å². The first-order chi connectivity index (χ1) is 9.90. The summed E-state index contributed by atoms with van der Waals surface area (Å²) in [4.78, 5) is 12.9. The third kappa shape index (κ3) is 4.08. The largest absolute Gasteiger partial charge is 0.394 e. The molecule has 0 bridgehead atoms. The Bertz CT molecular complexity index is 588. The smallest absolute Gasteiger partial charge is 0.263 e. The molecule has 0 aromatic carbocycles. The summed E-state index contributed by atoms with van der Waals surface area (Å²) in [7, 11) is 0. The van der Waals surface area contributed by atoms with Crippen molar-refractivity contribution in [3.8, 4) is 5.69 Å². The minimum atomic E-state index is -0.277. The highest BCUT2D eigenvalue weighted by Gasteiger charge is 2.22. The first-order valence-electron chi connectivity index (χ1n) is 6.63. The number of aliphatic hydroxyl groups excluding tert-OH is 1. The number of carbonyl (C=O) groups excluding carboxylic acids is 1. The monoisotopic (exact) mass is 309 g/mol. The number of aromatic nitrogens is 4. The van der Waals surface area contributed by atoms with E-state index in [1.165, 1.54) is 22.3 Å². The van der Waals surface area contributed by atoms with Crippen molar-refractivity contribution in [1.82, 2.24) is 25.5 Å². The van der Waals surface area contributed by atoms with Gasteiger partial charge >= 0.3 is 0 Å². The van der Waals surface area contributed by atoms with Crippen LogP contribution in [0.15, 0.2) is 17.8 Å². The number of nitrogens with one attached hydrogen (secondary N) is 1. The number of amides is 1. The molecule has 0 aliphatic carbocycles. The predicted octanol–water partition coefficient (Wildman–Crippen LogP) is 1.25. The molecule has 0 saturated heterocycles. The average molecular weight is 309 g/mol. The van der Waals surface area contributed by atoms with Gasteiger partial charge in [-0.25, -0.2) is 0 Å². The zero-order chi connectivity index (χ0) is 15.5. The van der Waals surface area contributed by atoms with E-state index in [2.05, 4.69) is 41.6 Å². The van der Waals surface area contributed by atoms with E-state index in [1.54, 1.807) is 6.07 Å². The van der Waals surface area contributed by atoms with Crippen LogP contribution in [-0.4, -0.2) is 43.9 Å². The number of nitrogens with zero attached hydrogens (tertiary/aromatic N) is 4. The fourth-order valence-corrected chi connectivity index (χ4v) is 2.86. The van der Waals surface area contributed by atoms with Crippen LogP contribution < -0.4 is 5.32 Å². The van der Waals surface area contributed by atoms with Crippen molar-refractivity contribution in [2.45, 2.75) is 33.2 Å². The average Bonchev–Trinajstić information content (AvgIpc) is 3.06. The second-order valence-electron chi connectivity index (χ2n) is 6.01. The van der Waals surface area contributed by atoms with Crippen molar-refractivity contribution in [2.24, 2.45) is 5.41 Å². The maximum Gasteiger partial charge on any atom is 0.263 e. The molecule has 0 spiro atoms. The standard InChI is InChI=1S/C13H19N5O2S/c1-13(2,3)6-9(7-19)15-12(20)11-10(4-5-21-11)18-8-14-16-17-18/h4-5,8-9,19H,6-7H2,1-3H3,(H,15,20). The van der Waals surface area contributed by atoms with Gasteiger partial charge in [-0.2, -0.15) is 4.68 Å². The number of tetrazole rings is 1. The van der Waals surface area contributed by atoms with E-state index in [0.717, 1.165) is 0 Å². The molecule has 2 rings (SSSR count). The molecule has 8 heteroatoms. The second kappa shape index (κ2) is 6.31. The van der Waals surface area contributed by atoms with Gasteiger partial charge in [0.2, 0.25) is 0 Å². The summed E-state index contributed by atoms with van der Waals surface area (Å²) in [6.45, 7) is 6.12. The molecule has 1 amide bonds. The van der Waals surface area contributed by atoms with Crippen molar-refractivity contribution in [2.75, 3.05) is 6.61 Å². The number of carbonyl (C=O) groups is 1. The van der Waals surface area contributed by atoms with Crippen LogP contribution in [0.25, 0.3) is 5.69 Å². The lowest BCUT2D eigenvalue weighted by Gasteiger charge is -2.25. The first-order valence-corrected chi connectivity index (χ1v) is 7.51. The Labute approximate surface area is 127 Å². The Kier molecular flexibility index (Phi) is 4.69. The molecule has 1 unspecified atom stereocenters. The lowest BCUT2D eigenvalue weighted by Crippen LogP contribution is -2.40. The zero-order valence-electron chi connectivity index (χ0n) is 12.3. The van der Waals surface area contributed by atoms with Gasteiger partial charge in [0.05, 0.1) is 18.3 Å². The van der Waals surface area contributed by atoms with Crippen LogP contribution >= 0.6 is 11.3 Å². The molecular weight excluding hydrogens is 290 g/mol. The Morgan fingerprint density at radius 2 is 2.29 bits per heavy atom. The molecule has 2 aromatic heterocycles. The van der Waals surface area contributed by atoms with Gasteiger partial charge in [-0.3, -0.25) is 4.79 Å². The van der Waals surface area contributed by atoms with Crippen LogP contribution in [-0.2, 0) is 0 Å². The molecule has 0 saturated carbocycles. The summed E-state index contributed by atoms with van der Waals surface area (Å²) in [5.41, 5.74) is 0.657. The molecule has 2 aromatic rings. The lowest BCUT2D eigenvalue weighted by molar-refractivity contribution is 0.0901. The van der Waals surface area contributed by atoms with Gasteiger partial charge in [-0.05, 0) is 33.7 Å². The summed E-state index contributed by atoms with van der Waals surface area (Å²) in [6, 6.07) is 1.51. The van der Waals surface area contributed by atoms with Crippen LogP contribution in [0.5, 0.6) is 0 Å². The van der Waals surface area contributed by atoms with E-state index in [9.17, 15) is 9.90 Å². The summed E-state index contributed by atoms with van der Waals surface area (Å²) in [5.74, 6) is -0.223. The van der Waals surface area contributed by atoms with Gasteiger partial charge in [0.1, 0.15) is 11.2 Å². The van der Waals surface area contributed by atoms with E-state index in [-0.39, 0.29) is 24.0 Å². The molecule has 21 heavy (non-hydrogen) atoms. The highest BCUT2D eigenvalue weighted by Crippen LogP contribution is 2.23. The molecule has 0 aliphatic rings. The van der Waals surface area contributed by atoms with Crippen molar-refractivity contribution in [3.05, 3.63) is 22.7 Å². The van der Waals surface area contributed by atoms with E-state index in [0.29, 0.717) is 17.0 Å². The summed E-state index contributed by atoms with van der Waals surface area (Å²) < 4.78 is 1.45. The van der Waals surface area contributed by atoms with Gasteiger partial charge in [-0.15, -0.1) is 16.4 Å². The third-order valence-electron chi connectivity index (χ3n) is 2.86. The molecule has 0 aliphatic heterocycles. The number of hydrogen-bond acceptors (Lipinski definition) is 6. The molecule has 0 radical (unpaired) electrons. The molecule has 2 heterocycles. The Hall–Kier alpha value is -1.80. The Morgan fingerprint density at radius 3 is 2.86 bits per heavy atom. The normalized spacial score (nSPS) is 13.1. The van der Waals surface area contributed by atoms with Crippen molar-refractivity contribution in [1.29, 1.82) is 0 Å². The molecule has 1 atom stereocenters. The number of aliphatic hydroxyl groups is 1. The maximum absolute atomic E-state index is 12.4.